The molecule has 3 rings (SSSR count). The number of nitrogens with one attached hydrogen (secondary N) is 1. The van der Waals surface area contributed by atoms with Crippen LogP contribution in [0.3, 0.4) is 0 Å². The lowest BCUT2D eigenvalue weighted by Crippen LogP contribution is -2.23. The molecule has 3 N–H and O–H groups in total. The van der Waals surface area contributed by atoms with Crippen LogP contribution in [0.4, 0.5) is 18.2 Å². The molecule has 0 unspecified atom stereocenters. The Kier molecular flexibility index (Phi) is 6.45. The van der Waals surface area contributed by atoms with Gasteiger partial charge in [-0.05, 0) is 48.9 Å². The highest BCUT2D eigenvalue weighted by Crippen LogP contribution is 2.37. The fourth-order valence-electron chi connectivity index (χ4n) is 3.25. The zero-order chi connectivity index (χ0) is 21.9. The number of hydrogen-bond acceptors (Lipinski definition) is 5. The van der Waals surface area contributed by atoms with Crippen LogP contribution in [0.1, 0.15) is 44.8 Å². The molecule has 0 saturated carbocycles. The first-order chi connectivity index (χ1) is 14.1. The molecule has 0 bridgehead atoms. The summed E-state index contributed by atoms with van der Waals surface area (Å²) in [5, 5.41) is 2.91. The molecule has 1 aromatic carbocycles. The second kappa shape index (κ2) is 8.86. The van der Waals surface area contributed by atoms with Gasteiger partial charge in [0.25, 0.3) is 11.8 Å². The Morgan fingerprint density at radius 2 is 1.77 bits per heavy atom. The van der Waals surface area contributed by atoms with E-state index in [9.17, 15) is 27.6 Å². The standard InChI is InChI=1S/C20H19F3N2O4S/c21-20(22,23)12-7-5-11(6-8-12)9-16(27)29-10-15(26)25-19-17(18(24)28)13-3-1-2-4-14(13)30-19/h5-8H,1-4,9-10H2,(H2,24,28)(H,25,26). The molecule has 0 spiro atoms. The second-order valence-corrected chi connectivity index (χ2v) is 7.96. The monoisotopic (exact) mass is 440 g/mol. The average Bonchev–Trinajstić information content (AvgIpc) is 3.04. The van der Waals surface area contributed by atoms with E-state index in [1.165, 1.54) is 23.5 Å². The van der Waals surface area contributed by atoms with Crippen molar-refractivity contribution in [3.05, 3.63) is 51.4 Å². The molecule has 0 radical (unpaired) electrons. The van der Waals surface area contributed by atoms with E-state index in [0.717, 1.165) is 48.3 Å². The Labute approximate surface area is 174 Å². The van der Waals surface area contributed by atoms with Crippen molar-refractivity contribution in [2.75, 3.05) is 11.9 Å². The van der Waals surface area contributed by atoms with Crippen LogP contribution in [-0.4, -0.2) is 24.4 Å². The van der Waals surface area contributed by atoms with Gasteiger partial charge >= 0.3 is 12.1 Å². The van der Waals surface area contributed by atoms with Crippen molar-refractivity contribution < 1.29 is 32.3 Å². The van der Waals surface area contributed by atoms with Gasteiger partial charge in [0.15, 0.2) is 6.61 Å². The highest BCUT2D eigenvalue weighted by atomic mass is 32.1. The molecule has 0 aliphatic heterocycles. The number of carbonyl (C=O) groups is 3. The molecule has 30 heavy (non-hydrogen) atoms. The molecule has 10 heteroatoms. The second-order valence-electron chi connectivity index (χ2n) is 6.86. The third kappa shape index (κ3) is 5.18. The molecule has 0 saturated heterocycles. The van der Waals surface area contributed by atoms with Crippen LogP contribution in [0.15, 0.2) is 24.3 Å². The SMILES string of the molecule is NC(=O)c1c(NC(=O)COC(=O)Cc2ccc(C(F)(F)F)cc2)sc2c1CCCC2. The van der Waals surface area contributed by atoms with Gasteiger partial charge in [-0.2, -0.15) is 13.2 Å². The molecule has 0 fully saturated rings. The Hall–Kier alpha value is -2.88. The topological polar surface area (TPSA) is 98.5 Å². The quantitative estimate of drug-likeness (QED) is 0.672. The Bertz CT molecular complexity index is 968. The fraction of sp³-hybridized carbons (Fsp3) is 0.350. The van der Waals surface area contributed by atoms with Crippen molar-refractivity contribution in [1.82, 2.24) is 0 Å². The first kappa shape index (κ1) is 21.8. The number of thiophene rings is 1. The van der Waals surface area contributed by atoms with Gasteiger partial charge in [-0.25, -0.2) is 0 Å². The predicted octanol–water partition coefficient (Wildman–Crippen LogP) is 3.47. The summed E-state index contributed by atoms with van der Waals surface area (Å²) in [7, 11) is 0. The number of primary amides is 1. The van der Waals surface area contributed by atoms with E-state index >= 15 is 0 Å². The number of esters is 1. The van der Waals surface area contributed by atoms with Crippen LogP contribution in [0, 0.1) is 0 Å². The Balaban J connectivity index is 1.55. The maximum atomic E-state index is 12.6. The van der Waals surface area contributed by atoms with Crippen molar-refractivity contribution in [2.45, 2.75) is 38.3 Å². The third-order valence-corrected chi connectivity index (χ3v) is 5.87. The third-order valence-electron chi connectivity index (χ3n) is 4.66. The Morgan fingerprint density at radius 3 is 2.40 bits per heavy atom. The molecular weight excluding hydrogens is 421 g/mol. The molecule has 2 aromatic rings. The normalized spacial score (nSPS) is 13.4. The predicted molar refractivity (Wildman–Crippen MR) is 104 cm³/mol. The van der Waals surface area contributed by atoms with E-state index in [1.807, 2.05) is 0 Å². The van der Waals surface area contributed by atoms with Gasteiger partial charge in [0.1, 0.15) is 5.00 Å². The number of benzene rings is 1. The number of anilines is 1. The maximum Gasteiger partial charge on any atom is 0.416 e. The number of carbonyl (C=O) groups excluding carboxylic acids is 3. The summed E-state index contributed by atoms with van der Waals surface area (Å²) >= 11 is 1.29. The summed E-state index contributed by atoms with van der Waals surface area (Å²) in [4.78, 5) is 36.9. The number of rotatable bonds is 6. The number of ether oxygens (including phenoxy) is 1. The maximum absolute atomic E-state index is 12.6. The van der Waals surface area contributed by atoms with Crippen LogP contribution in [0.25, 0.3) is 0 Å². The Morgan fingerprint density at radius 1 is 1.10 bits per heavy atom. The number of alkyl halides is 3. The van der Waals surface area contributed by atoms with E-state index in [2.05, 4.69) is 5.32 Å². The smallest absolute Gasteiger partial charge is 0.416 e. The number of aryl methyl sites for hydroxylation is 1. The van der Waals surface area contributed by atoms with Crippen molar-refractivity contribution in [3.8, 4) is 0 Å². The molecular formula is C20H19F3N2O4S. The molecule has 1 aromatic heterocycles. The number of nitrogens with two attached hydrogens (primary N) is 1. The van der Waals surface area contributed by atoms with Crippen LogP contribution in [0.2, 0.25) is 0 Å². The minimum Gasteiger partial charge on any atom is -0.455 e. The summed E-state index contributed by atoms with van der Waals surface area (Å²) in [6, 6.07) is 4.11. The number of hydrogen-bond donors (Lipinski definition) is 2. The first-order valence-electron chi connectivity index (χ1n) is 9.21. The van der Waals surface area contributed by atoms with Gasteiger partial charge in [-0.3, -0.25) is 14.4 Å². The van der Waals surface area contributed by atoms with E-state index in [4.69, 9.17) is 10.5 Å². The molecule has 1 aliphatic rings. The van der Waals surface area contributed by atoms with Gasteiger partial charge in [0.05, 0.1) is 17.5 Å². The van der Waals surface area contributed by atoms with Gasteiger partial charge in [-0.1, -0.05) is 12.1 Å². The van der Waals surface area contributed by atoms with Crippen LogP contribution < -0.4 is 11.1 Å². The van der Waals surface area contributed by atoms with Crippen molar-refractivity contribution in [2.24, 2.45) is 5.73 Å². The zero-order valence-electron chi connectivity index (χ0n) is 15.8. The minimum atomic E-state index is -4.46. The fourth-order valence-corrected chi connectivity index (χ4v) is 4.56. The van der Waals surface area contributed by atoms with E-state index < -0.39 is 36.1 Å². The van der Waals surface area contributed by atoms with E-state index in [0.29, 0.717) is 16.1 Å². The zero-order valence-corrected chi connectivity index (χ0v) is 16.6. The van der Waals surface area contributed by atoms with Gasteiger partial charge in [0.2, 0.25) is 0 Å². The molecule has 160 valence electrons. The minimum absolute atomic E-state index is 0.273. The highest BCUT2D eigenvalue weighted by molar-refractivity contribution is 7.17. The van der Waals surface area contributed by atoms with Crippen molar-refractivity contribution in [3.63, 3.8) is 0 Å². The van der Waals surface area contributed by atoms with Crippen LogP contribution in [-0.2, 0) is 39.8 Å². The lowest BCUT2D eigenvalue weighted by atomic mass is 9.95. The molecule has 0 atom stereocenters. The summed E-state index contributed by atoms with van der Waals surface area (Å²) < 4.78 is 42.6. The molecule has 1 heterocycles. The van der Waals surface area contributed by atoms with Gasteiger partial charge in [0, 0.05) is 4.88 Å². The van der Waals surface area contributed by atoms with E-state index in [-0.39, 0.29) is 6.42 Å². The molecule has 6 nitrogen and oxygen atoms in total. The van der Waals surface area contributed by atoms with Crippen molar-refractivity contribution >= 4 is 34.1 Å². The number of halogens is 3. The van der Waals surface area contributed by atoms with E-state index in [1.54, 1.807) is 0 Å². The molecule has 2 amide bonds. The summed E-state index contributed by atoms with van der Waals surface area (Å²) in [6.45, 7) is -0.583. The summed E-state index contributed by atoms with van der Waals surface area (Å²) in [5.41, 5.74) is 6.15. The average molecular weight is 440 g/mol. The van der Waals surface area contributed by atoms with Crippen LogP contribution in [0.5, 0.6) is 0 Å². The van der Waals surface area contributed by atoms with Crippen LogP contribution >= 0.6 is 11.3 Å². The summed E-state index contributed by atoms with van der Waals surface area (Å²) in [6.07, 6.45) is -1.24. The lowest BCUT2D eigenvalue weighted by Gasteiger charge is -2.11. The number of fused-ring (bicyclic) bond motifs is 1. The van der Waals surface area contributed by atoms with Gasteiger partial charge < -0.3 is 15.8 Å². The van der Waals surface area contributed by atoms with Gasteiger partial charge in [-0.15, -0.1) is 11.3 Å². The highest BCUT2D eigenvalue weighted by Gasteiger charge is 2.30. The van der Waals surface area contributed by atoms with Crippen molar-refractivity contribution in [1.29, 1.82) is 0 Å². The lowest BCUT2D eigenvalue weighted by molar-refractivity contribution is -0.146. The summed E-state index contributed by atoms with van der Waals surface area (Å²) in [5.74, 6) is -2.01. The first-order valence-corrected chi connectivity index (χ1v) is 10.0. The number of amides is 2. The molecule has 1 aliphatic carbocycles. The largest absolute Gasteiger partial charge is 0.455 e.